The first-order valence-electron chi connectivity index (χ1n) is 7.42. The molecule has 0 aliphatic carbocycles. The maximum atomic E-state index is 12.8. The van der Waals surface area contributed by atoms with Crippen molar-refractivity contribution < 1.29 is 14.2 Å². The van der Waals surface area contributed by atoms with Crippen LogP contribution in [-0.4, -0.2) is 42.6 Å². The van der Waals surface area contributed by atoms with Gasteiger partial charge in [0, 0.05) is 6.54 Å². The molecule has 1 N–H and O–H groups in total. The number of hydrogen-bond acceptors (Lipinski definition) is 7. The molecule has 1 amide bonds. The van der Waals surface area contributed by atoms with Crippen LogP contribution in [0.1, 0.15) is 54.2 Å². The van der Waals surface area contributed by atoms with Gasteiger partial charge in [-0.05, 0) is 25.7 Å². The van der Waals surface area contributed by atoms with Crippen molar-refractivity contribution in [2.75, 3.05) is 6.54 Å². The molecule has 1 aliphatic rings. The molecular weight excluding hydrogens is 304 g/mol. The molecule has 10 nitrogen and oxygen atoms in total. The highest BCUT2D eigenvalue weighted by Gasteiger charge is 2.37. The number of hydrogen-bond donors (Lipinski definition) is 1. The molecule has 1 saturated heterocycles. The van der Waals surface area contributed by atoms with E-state index in [4.69, 9.17) is 4.52 Å². The Morgan fingerprint density at radius 1 is 1.57 bits per heavy atom. The van der Waals surface area contributed by atoms with Crippen molar-refractivity contribution >= 4 is 11.6 Å². The molecular formula is C13H16N6O4. The van der Waals surface area contributed by atoms with Gasteiger partial charge in [-0.3, -0.25) is 20.0 Å². The monoisotopic (exact) mass is 320 g/mol. The summed E-state index contributed by atoms with van der Waals surface area (Å²) in [5, 5.41) is 21.6. The number of carbonyl (C=O) groups is 1. The van der Waals surface area contributed by atoms with Gasteiger partial charge in [0.05, 0.1) is 11.0 Å². The van der Waals surface area contributed by atoms with Crippen LogP contribution >= 0.6 is 0 Å². The van der Waals surface area contributed by atoms with Crippen molar-refractivity contribution in [1.29, 1.82) is 0 Å². The Bertz CT molecular complexity index is 710. The quantitative estimate of drug-likeness (QED) is 0.669. The molecule has 0 spiro atoms. The zero-order valence-electron chi connectivity index (χ0n) is 12.6. The Hall–Kier alpha value is -2.78. The molecule has 1 fully saturated rings. The molecule has 1 atom stereocenters. The average Bonchev–Trinajstić information content (AvgIpc) is 3.23. The van der Waals surface area contributed by atoms with Crippen LogP contribution in [0.2, 0.25) is 0 Å². The summed E-state index contributed by atoms with van der Waals surface area (Å²) in [6.07, 6.45) is 4.03. The summed E-state index contributed by atoms with van der Waals surface area (Å²) in [6.45, 7) is 2.24. The van der Waals surface area contributed by atoms with E-state index in [9.17, 15) is 14.9 Å². The number of aromatic nitrogens is 4. The number of carbonyl (C=O) groups excluding carboxylic acids is 1. The first-order chi connectivity index (χ1) is 11.1. The van der Waals surface area contributed by atoms with E-state index in [0.717, 1.165) is 12.8 Å². The summed E-state index contributed by atoms with van der Waals surface area (Å²) in [5.74, 6) is -0.0749. The van der Waals surface area contributed by atoms with E-state index in [1.807, 2.05) is 0 Å². The number of amides is 1. The Kier molecular flexibility index (Phi) is 4.04. The molecule has 1 aliphatic heterocycles. The molecule has 2 aromatic rings. The normalized spacial score (nSPS) is 18.1. The van der Waals surface area contributed by atoms with Gasteiger partial charge in [-0.15, -0.1) is 0 Å². The highest BCUT2D eigenvalue weighted by molar-refractivity contribution is 5.96. The van der Waals surface area contributed by atoms with Gasteiger partial charge in [-0.25, -0.2) is 0 Å². The van der Waals surface area contributed by atoms with Crippen molar-refractivity contribution in [1.82, 2.24) is 25.2 Å². The molecule has 0 radical (unpaired) electrons. The molecule has 0 aromatic carbocycles. The number of aromatic amines is 1. The van der Waals surface area contributed by atoms with Crippen molar-refractivity contribution in [3.8, 4) is 0 Å². The second kappa shape index (κ2) is 6.15. The fourth-order valence-corrected chi connectivity index (χ4v) is 2.87. The van der Waals surface area contributed by atoms with Gasteiger partial charge in [-0.2, -0.15) is 10.1 Å². The second-order valence-corrected chi connectivity index (χ2v) is 5.31. The van der Waals surface area contributed by atoms with E-state index in [1.165, 1.54) is 11.3 Å². The lowest BCUT2D eigenvalue weighted by Crippen LogP contribution is -2.39. The summed E-state index contributed by atoms with van der Waals surface area (Å²) in [5.41, 5.74) is -0.0800. The minimum Gasteiger partial charge on any atom is -0.343 e. The number of likely N-dealkylation sites (tertiary alicyclic amines) is 1. The van der Waals surface area contributed by atoms with Gasteiger partial charge in [-0.1, -0.05) is 12.1 Å². The van der Waals surface area contributed by atoms with Gasteiger partial charge < -0.3 is 9.42 Å². The number of rotatable bonds is 4. The molecule has 23 heavy (non-hydrogen) atoms. The van der Waals surface area contributed by atoms with Crippen molar-refractivity contribution in [3.63, 3.8) is 0 Å². The minimum atomic E-state index is -0.567. The predicted octanol–water partition coefficient (Wildman–Crippen LogP) is 1.63. The van der Waals surface area contributed by atoms with E-state index in [0.29, 0.717) is 30.9 Å². The lowest BCUT2D eigenvalue weighted by molar-refractivity contribution is -0.385. The standard InChI is InChI=1S/C13H16N6O4/c1-2-8-11(19(21)22)10(16-15-8)13(20)18-6-4-3-5-9(18)12-14-7-23-17-12/h7,9H,2-6H2,1H3,(H,15,16)/t9-/m0/s1. The third-order valence-corrected chi connectivity index (χ3v) is 3.99. The largest absolute Gasteiger partial charge is 0.343 e. The molecule has 2 aromatic heterocycles. The van der Waals surface area contributed by atoms with E-state index < -0.39 is 10.8 Å². The lowest BCUT2D eigenvalue weighted by Gasteiger charge is -2.33. The predicted molar refractivity (Wildman–Crippen MR) is 76.5 cm³/mol. The van der Waals surface area contributed by atoms with Crippen LogP contribution in [0, 0.1) is 10.1 Å². The number of nitrogens with zero attached hydrogens (tertiary/aromatic N) is 5. The topological polar surface area (TPSA) is 131 Å². The van der Waals surface area contributed by atoms with E-state index >= 15 is 0 Å². The highest BCUT2D eigenvalue weighted by atomic mass is 16.6. The Morgan fingerprint density at radius 3 is 3.04 bits per heavy atom. The fourth-order valence-electron chi connectivity index (χ4n) is 2.87. The zero-order valence-corrected chi connectivity index (χ0v) is 12.6. The van der Waals surface area contributed by atoms with Crippen molar-refractivity contribution in [2.45, 2.75) is 38.6 Å². The van der Waals surface area contributed by atoms with Gasteiger partial charge in [0.2, 0.25) is 12.1 Å². The molecule has 122 valence electrons. The smallest absolute Gasteiger partial charge is 0.322 e. The lowest BCUT2D eigenvalue weighted by atomic mass is 10.0. The maximum absolute atomic E-state index is 12.8. The number of nitro groups is 1. The number of aryl methyl sites for hydroxylation is 1. The van der Waals surface area contributed by atoms with Crippen LogP contribution in [0.4, 0.5) is 5.69 Å². The number of H-pyrrole nitrogens is 1. The first kappa shape index (κ1) is 15.1. The van der Waals surface area contributed by atoms with Crippen LogP contribution in [-0.2, 0) is 6.42 Å². The summed E-state index contributed by atoms with van der Waals surface area (Å²) < 4.78 is 4.76. The van der Waals surface area contributed by atoms with Crippen LogP contribution in [0.25, 0.3) is 0 Å². The number of piperidine rings is 1. The van der Waals surface area contributed by atoms with Crippen LogP contribution in [0.5, 0.6) is 0 Å². The zero-order chi connectivity index (χ0) is 16.4. The molecule has 3 rings (SSSR count). The minimum absolute atomic E-state index is 0.165. The third-order valence-electron chi connectivity index (χ3n) is 3.99. The summed E-state index contributed by atoms with van der Waals surface area (Å²) in [6, 6.07) is -0.351. The van der Waals surface area contributed by atoms with Gasteiger partial charge in [0.25, 0.3) is 5.91 Å². The second-order valence-electron chi connectivity index (χ2n) is 5.31. The SMILES string of the molecule is CCc1[nH]nc(C(=O)N2CCCC[C@H]2c2ncon2)c1[N+](=O)[O-]. The average molecular weight is 320 g/mol. The van der Waals surface area contributed by atoms with Crippen LogP contribution in [0.15, 0.2) is 10.9 Å². The molecule has 0 unspecified atom stereocenters. The molecule has 0 saturated carbocycles. The molecule has 10 heteroatoms. The van der Waals surface area contributed by atoms with Crippen LogP contribution in [0.3, 0.4) is 0 Å². The fraction of sp³-hybridized carbons (Fsp3) is 0.538. The summed E-state index contributed by atoms with van der Waals surface area (Å²) >= 11 is 0. The number of nitrogens with one attached hydrogen (secondary N) is 1. The van der Waals surface area contributed by atoms with Crippen molar-refractivity contribution in [3.05, 3.63) is 33.7 Å². The van der Waals surface area contributed by atoms with Crippen molar-refractivity contribution in [2.24, 2.45) is 0 Å². The highest BCUT2D eigenvalue weighted by Crippen LogP contribution is 2.32. The van der Waals surface area contributed by atoms with Gasteiger partial charge in [0.15, 0.2) is 5.82 Å². The van der Waals surface area contributed by atoms with Crippen LogP contribution < -0.4 is 0 Å². The first-order valence-corrected chi connectivity index (χ1v) is 7.42. The maximum Gasteiger partial charge on any atom is 0.322 e. The Labute approximate surface area is 131 Å². The Morgan fingerprint density at radius 2 is 2.39 bits per heavy atom. The molecule has 0 bridgehead atoms. The van der Waals surface area contributed by atoms with E-state index in [-0.39, 0.29) is 17.4 Å². The van der Waals surface area contributed by atoms with Gasteiger partial charge >= 0.3 is 5.69 Å². The van der Waals surface area contributed by atoms with Gasteiger partial charge in [0.1, 0.15) is 5.69 Å². The summed E-state index contributed by atoms with van der Waals surface area (Å²) in [7, 11) is 0. The Balaban J connectivity index is 1.95. The summed E-state index contributed by atoms with van der Waals surface area (Å²) in [4.78, 5) is 29.1. The molecule has 3 heterocycles. The third kappa shape index (κ3) is 2.67. The van der Waals surface area contributed by atoms with E-state index in [1.54, 1.807) is 6.92 Å². The van der Waals surface area contributed by atoms with E-state index in [2.05, 4.69) is 20.3 Å².